The molecule has 0 unspecified atom stereocenters. The second-order valence-corrected chi connectivity index (χ2v) is 4.89. The Kier molecular flexibility index (Phi) is 4.63. The lowest BCUT2D eigenvalue weighted by molar-refractivity contribution is 0.304. The second kappa shape index (κ2) is 6.43. The van der Waals surface area contributed by atoms with Crippen molar-refractivity contribution in [2.75, 3.05) is 7.11 Å². The number of aromatic nitrogens is 2. The van der Waals surface area contributed by atoms with E-state index >= 15 is 0 Å². The van der Waals surface area contributed by atoms with Crippen LogP contribution in [0.4, 0.5) is 0 Å². The number of benzene rings is 1. The number of nitrogens with zero attached hydrogens (tertiary/aromatic N) is 2. The summed E-state index contributed by atoms with van der Waals surface area (Å²) >= 11 is 0. The Labute approximate surface area is 119 Å². The van der Waals surface area contributed by atoms with Gasteiger partial charge in [0.1, 0.15) is 12.4 Å². The molecule has 1 heterocycles. The summed E-state index contributed by atoms with van der Waals surface area (Å²) in [6.45, 7) is 5.09. The summed E-state index contributed by atoms with van der Waals surface area (Å²) in [7, 11) is 1.64. The van der Waals surface area contributed by atoms with E-state index < -0.39 is 0 Å². The van der Waals surface area contributed by atoms with Crippen LogP contribution in [-0.4, -0.2) is 16.9 Å². The lowest BCUT2D eigenvalue weighted by atomic mass is 10.1. The van der Waals surface area contributed by atoms with Crippen LogP contribution < -0.4 is 15.2 Å². The van der Waals surface area contributed by atoms with Crippen LogP contribution in [0.1, 0.15) is 31.0 Å². The predicted molar refractivity (Wildman–Crippen MR) is 77.8 cm³/mol. The Morgan fingerprint density at radius 2 is 2.15 bits per heavy atom. The maximum absolute atomic E-state index is 5.73. The first-order chi connectivity index (χ1) is 9.63. The average Bonchev–Trinajstić information content (AvgIpc) is 2.94. The molecule has 2 rings (SSSR count). The summed E-state index contributed by atoms with van der Waals surface area (Å²) in [6.07, 6.45) is 3.63. The van der Waals surface area contributed by atoms with Gasteiger partial charge in [0.25, 0.3) is 0 Å². The normalized spacial score (nSPS) is 10.8. The highest BCUT2D eigenvalue weighted by atomic mass is 16.5. The van der Waals surface area contributed by atoms with Crippen LogP contribution in [0.15, 0.2) is 30.6 Å². The fourth-order valence-electron chi connectivity index (χ4n) is 1.89. The molecule has 20 heavy (non-hydrogen) atoms. The molecule has 0 amide bonds. The summed E-state index contributed by atoms with van der Waals surface area (Å²) in [4.78, 5) is 0. The molecule has 0 fully saturated rings. The van der Waals surface area contributed by atoms with Crippen molar-refractivity contribution in [2.45, 2.75) is 33.0 Å². The van der Waals surface area contributed by atoms with Crippen molar-refractivity contribution >= 4 is 0 Å². The fourth-order valence-corrected chi connectivity index (χ4v) is 1.89. The lowest BCUT2D eigenvalue weighted by Crippen LogP contribution is -2.02. The van der Waals surface area contributed by atoms with Crippen molar-refractivity contribution in [3.05, 3.63) is 41.7 Å². The van der Waals surface area contributed by atoms with Crippen molar-refractivity contribution in [1.29, 1.82) is 0 Å². The monoisotopic (exact) mass is 275 g/mol. The standard InChI is InChI=1S/C15H21N3O2/c1-11(2)18-9-14(8-17-18)20-10-12-4-5-13(7-16)15(6-12)19-3/h4-6,8-9,11H,7,10,16H2,1-3H3. The minimum Gasteiger partial charge on any atom is -0.496 e. The highest BCUT2D eigenvalue weighted by Gasteiger charge is 2.05. The Morgan fingerprint density at radius 1 is 1.35 bits per heavy atom. The van der Waals surface area contributed by atoms with Crippen LogP contribution in [0, 0.1) is 0 Å². The van der Waals surface area contributed by atoms with Gasteiger partial charge in [-0.1, -0.05) is 12.1 Å². The van der Waals surface area contributed by atoms with Gasteiger partial charge in [-0.2, -0.15) is 5.10 Å². The summed E-state index contributed by atoms with van der Waals surface area (Å²) in [5.41, 5.74) is 7.68. The molecule has 108 valence electrons. The Balaban J connectivity index is 2.03. The first-order valence-electron chi connectivity index (χ1n) is 6.67. The third-order valence-corrected chi connectivity index (χ3v) is 3.08. The van der Waals surface area contributed by atoms with Gasteiger partial charge in [-0.3, -0.25) is 4.68 Å². The van der Waals surface area contributed by atoms with Crippen LogP contribution in [0.2, 0.25) is 0 Å². The molecule has 0 aliphatic heterocycles. The van der Waals surface area contributed by atoms with E-state index in [2.05, 4.69) is 18.9 Å². The van der Waals surface area contributed by atoms with E-state index in [1.165, 1.54) is 0 Å². The zero-order valence-electron chi connectivity index (χ0n) is 12.2. The largest absolute Gasteiger partial charge is 0.496 e. The van der Waals surface area contributed by atoms with E-state index in [0.29, 0.717) is 19.2 Å². The van der Waals surface area contributed by atoms with E-state index in [1.807, 2.05) is 29.1 Å². The van der Waals surface area contributed by atoms with Crippen molar-refractivity contribution < 1.29 is 9.47 Å². The highest BCUT2D eigenvalue weighted by Crippen LogP contribution is 2.21. The second-order valence-electron chi connectivity index (χ2n) is 4.89. The Bertz CT molecular complexity index is 564. The number of ether oxygens (including phenoxy) is 2. The minimum absolute atomic E-state index is 0.330. The highest BCUT2D eigenvalue weighted by molar-refractivity contribution is 5.37. The van der Waals surface area contributed by atoms with Crippen LogP contribution in [0.5, 0.6) is 11.5 Å². The van der Waals surface area contributed by atoms with Crippen molar-refractivity contribution in [3.8, 4) is 11.5 Å². The molecular weight excluding hydrogens is 254 g/mol. The molecule has 0 bridgehead atoms. The topological polar surface area (TPSA) is 62.3 Å². The number of hydrogen-bond acceptors (Lipinski definition) is 4. The molecule has 0 saturated heterocycles. The van der Waals surface area contributed by atoms with Gasteiger partial charge in [-0.25, -0.2) is 0 Å². The molecule has 2 N–H and O–H groups in total. The number of nitrogens with two attached hydrogens (primary N) is 1. The molecule has 0 aliphatic carbocycles. The molecule has 5 heteroatoms. The predicted octanol–water partition coefficient (Wildman–Crippen LogP) is 2.51. The quantitative estimate of drug-likeness (QED) is 0.880. The number of hydrogen-bond donors (Lipinski definition) is 1. The van der Waals surface area contributed by atoms with Crippen LogP contribution >= 0.6 is 0 Å². The molecular formula is C15H21N3O2. The van der Waals surface area contributed by atoms with Crippen molar-refractivity contribution in [1.82, 2.24) is 9.78 Å². The van der Waals surface area contributed by atoms with Gasteiger partial charge < -0.3 is 15.2 Å². The van der Waals surface area contributed by atoms with Crippen LogP contribution in [0.25, 0.3) is 0 Å². The number of rotatable bonds is 6. The van der Waals surface area contributed by atoms with Gasteiger partial charge in [0, 0.05) is 18.2 Å². The third-order valence-electron chi connectivity index (χ3n) is 3.08. The van der Waals surface area contributed by atoms with Crippen LogP contribution in [0.3, 0.4) is 0 Å². The maximum atomic E-state index is 5.73. The average molecular weight is 275 g/mol. The number of methoxy groups -OCH3 is 1. The van der Waals surface area contributed by atoms with Crippen LogP contribution in [-0.2, 0) is 13.2 Å². The molecule has 0 atom stereocenters. The molecule has 1 aromatic carbocycles. The van der Waals surface area contributed by atoms with E-state index in [4.69, 9.17) is 15.2 Å². The van der Waals surface area contributed by atoms with E-state index in [-0.39, 0.29) is 0 Å². The van der Waals surface area contributed by atoms with Crippen molar-refractivity contribution in [3.63, 3.8) is 0 Å². The smallest absolute Gasteiger partial charge is 0.157 e. The first kappa shape index (κ1) is 14.4. The van der Waals surface area contributed by atoms with E-state index in [1.54, 1.807) is 13.3 Å². The molecule has 0 saturated carbocycles. The van der Waals surface area contributed by atoms with Gasteiger partial charge >= 0.3 is 0 Å². The van der Waals surface area contributed by atoms with Gasteiger partial charge in [-0.15, -0.1) is 0 Å². The summed E-state index contributed by atoms with van der Waals surface area (Å²) in [6, 6.07) is 6.25. The molecule has 0 radical (unpaired) electrons. The van der Waals surface area contributed by atoms with Crippen molar-refractivity contribution in [2.24, 2.45) is 5.73 Å². The third kappa shape index (κ3) is 3.30. The first-order valence-corrected chi connectivity index (χ1v) is 6.67. The molecule has 1 aromatic heterocycles. The van der Waals surface area contributed by atoms with Gasteiger partial charge in [0.2, 0.25) is 0 Å². The zero-order chi connectivity index (χ0) is 14.5. The van der Waals surface area contributed by atoms with E-state index in [9.17, 15) is 0 Å². The summed E-state index contributed by atoms with van der Waals surface area (Å²) in [5.74, 6) is 1.56. The SMILES string of the molecule is COc1cc(COc2cnn(C(C)C)c2)ccc1CN. The zero-order valence-corrected chi connectivity index (χ0v) is 12.2. The minimum atomic E-state index is 0.330. The Hall–Kier alpha value is -2.01. The summed E-state index contributed by atoms with van der Waals surface area (Å²) < 4.78 is 12.9. The molecule has 2 aromatic rings. The Morgan fingerprint density at radius 3 is 2.75 bits per heavy atom. The van der Waals surface area contributed by atoms with E-state index in [0.717, 1.165) is 22.6 Å². The lowest BCUT2D eigenvalue weighted by Gasteiger charge is -2.09. The molecule has 0 aliphatic rings. The fraction of sp³-hybridized carbons (Fsp3) is 0.400. The molecule has 5 nitrogen and oxygen atoms in total. The molecule has 0 spiro atoms. The van der Waals surface area contributed by atoms with Gasteiger partial charge in [-0.05, 0) is 25.5 Å². The van der Waals surface area contributed by atoms with Gasteiger partial charge in [0.05, 0.1) is 19.5 Å². The maximum Gasteiger partial charge on any atom is 0.157 e. The summed E-state index contributed by atoms with van der Waals surface area (Å²) in [5, 5.41) is 4.24. The van der Waals surface area contributed by atoms with Gasteiger partial charge in [0.15, 0.2) is 5.75 Å².